The number of aromatic nitrogens is 2. The summed E-state index contributed by atoms with van der Waals surface area (Å²) in [6.07, 6.45) is 10.3. The fourth-order valence-electron chi connectivity index (χ4n) is 4.69. The fraction of sp³-hybridized carbons (Fsp3) is 0.789. The van der Waals surface area contributed by atoms with Crippen LogP contribution in [-0.2, 0) is 13.6 Å². The van der Waals surface area contributed by atoms with E-state index in [1.165, 1.54) is 64.5 Å². The van der Waals surface area contributed by atoms with Crippen LogP contribution in [-0.4, -0.2) is 75.6 Å². The molecule has 138 valence electrons. The Morgan fingerprint density at radius 1 is 0.960 bits per heavy atom. The van der Waals surface area contributed by atoms with E-state index >= 15 is 0 Å². The van der Waals surface area contributed by atoms with Gasteiger partial charge in [0.05, 0.1) is 11.9 Å². The van der Waals surface area contributed by atoms with Gasteiger partial charge in [0.25, 0.3) is 5.56 Å². The van der Waals surface area contributed by atoms with Gasteiger partial charge in [-0.3, -0.25) is 24.5 Å². The summed E-state index contributed by atoms with van der Waals surface area (Å²) in [6.45, 7) is 8.01. The Kier molecular flexibility index (Phi) is 5.20. The lowest BCUT2D eigenvalue weighted by Crippen LogP contribution is -2.63. The summed E-state index contributed by atoms with van der Waals surface area (Å²) < 4.78 is 1.71. The maximum Gasteiger partial charge on any atom is 0.268 e. The van der Waals surface area contributed by atoms with Crippen LogP contribution in [0, 0.1) is 0 Å². The van der Waals surface area contributed by atoms with Crippen LogP contribution in [0.3, 0.4) is 0 Å². The number of hydrogen-bond donors (Lipinski definition) is 0. The molecule has 25 heavy (non-hydrogen) atoms. The number of rotatable bonds is 4. The Morgan fingerprint density at radius 3 is 2.28 bits per heavy atom. The Bertz CT molecular complexity index is 625. The molecule has 1 aliphatic carbocycles. The molecular weight excluding hydrogens is 314 g/mol. The normalized spacial score (nSPS) is 25.2. The number of piperazine rings is 1. The van der Waals surface area contributed by atoms with Gasteiger partial charge >= 0.3 is 0 Å². The van der Waals surface area contributed by atoms with Gasteiger partial charge in [-0.25, -0.2) is 0 Å². The Balaban J connectivity index is 1.22. The molecule has 0 atom stereocenters. The maximum atomic E-state index is 11.7. The van der Waals surface area contributed by atoms with Crippen molar-refractivity contribution >= 4 is 0 Å². The van der Waals surface area contributed by atoms with E-state index in [-0.39, 0.29) is 5.56 Å². The topological polar surface area (TPSA) is 44.6 Å². The minimum atomic E-state index is -0.0200. The van der Waals surface area contributed by atoms with Gasteiger partial charge in [-0.15, -0.1) is 0 Å². The maximum absolute atomic E-state index is 11.7. The summed E-state index contributed by atoms with van der Waals surface area (Å²) in [5, 5.41) is 0. The second-order valence-corrected chi connectivity index (χ2v) is 8.01. The van der Waals surface area contributed by atoms with E-state index in [2.05, 4.69) is 19.7 Å². The van der Waals surface area contributed by atoms with Crippen LogP contribution >= 0.6 is 0 Å². The van der Waals surface area contributed by atoms with Gasteiger partial charge in [0.1, 0.15) is 0 Å². The molecule has 3 heterocycles. The first-order valence-electron chi connectivity index (χ1n) is 9.91. The molecule has 0 aromatic carbocycles. The molecule has 6 heteroatoms. The van der Waals surface area contributed by atoms with Crippen molar-refractivity contribution in [2.75, 3.05) is 39.3 Å². The van der Waals surface area contributed by atoms with Crippen molar-refractivity contribution in [1.29, 1.82) is 0 Å². The summed E-state index contributed by atoms with van der Waals surface area (Å²) in [5.41, 5.74) is 0.987. The quantitative estimate of drug-likeness (QED) is 0.812. The van der Waals surface area contributed by atoms with Crippen LogP contribution in [0.5, 0.6) is 0 Å². The second kappa shape index (κ2) is 7.56. The Labute approximate surface area is 150 Å². The van der Waals surface area contributed by atoms with Crippen LogP contribution in [0.1, 0.15) is 37.8 Å². The van der Waals surface area contributed by atoms with Crippen molar-refractivity contribution in [1.82, 2.24) is 24.3 Å². The van der Waals surface area contributed by atoms with Crippen molar-refractivity contribution in [3.63, 3.8) is 0 Å². The standard InChI is InChI=1S/C19H31N5O/c1-21-17(11-20-12-19(21)25)13-22-14-18(15-22)24-9-7-23(8-10-24)16-5-3-2-4-6-16/h11-12,16,18H,2-10,13-15H2,1H3. The van der Waals surface area contributed by atoms with E-state index < -0.39 is 0 Å². The molecule has 0 spiro atoms. The highest BCUT2D eigenvalue weighted by molar-refractivity contribution is 5.01. The second-order valence-electron chi connectivity index (χ2n) is 8.01. The van der Waals surface area contributed by atoms with Gasteiger partial charge in [-0.2, -0.15) is 0 Å². The van der Waals surface area contributed by atoms with Gasteiger partial charge in [-0.1, -0.05) is 19.3 Å². The summed E-state index contributed by atoms with van der Waals surface area (Å²) >= 11 is 0. The molecule has 3 fully saturated rings. The first kappa shape index (κ1) is 17.2. The third-order valence-corrected chi connectivity index (χ3v) is 6.45. The first-order valence-corrected chi connectivity index (χ1v) is 9.91. The zero-order valence-electron chi connectivity index (χ0n) is 15.4. The molecule has 2 saturated heterocycles. The highest BCUT2D eigenvalue weighted by Gasteiger charge is 2.34. The minimum absolute atomic E-state index is 0.0200. The lowest BCUT2D eigenvalue weighted by Gasteiger charge is -2.49. The first-order chi connectivity index (χ1) is 12.2. The number of likely N-dealkylation sites (tertiary alicyclic amines) is 1. The average molecular weight is 345 g/mol. The van der Waals surface area contributed by atoms with E-state index in [4.69, 9.17) is 0 Å². The van der Waals surface area contributed by atoms with E-state index in [9.17, 15) is 4.79 Å². The van der Waals surface area contributed by atoms with Crippen molar-refractivity contribution < 1.29 is 0 Å². The molecule has 0 radical (unpaired) electrons. The SMILES string of the molecule is Cn1c(CN2CC(N3CCN(C4CCCCC4)CC3)C2)cncc1=O. The number of hydrogen-bond acceptors (Lipinski definition) is 5. The van der Waals surface area contributed by atoms with Crippen LogP contribution in [0.4, 0.5) is 0 Å². The lowest BCUT2D eigenvalue weighted by molar-refractivity contribution is -0.0112. The molecule has 1 aromatic heterocycles. The predicted octanol–water partition coefficient (Wildman–Crippen LogP) is 0.915. The van der Waals surface area contributed by atoms with Crippen LogP contribution in [0.15, 0.2) is 17.2 Å². The summed E-state index contributed by atoms with van der Waals surface area (Å²) in [7, 11) is 1.83. The van der Waals surface area contributed by atoms with E-state index in [1.807, 2.05) is 13.2 Å². The van der Waals surface area contributed by atoms with Gasteiger partial charge < -0.3 is 4.57 Å². The largest absolute Gasteiger partial charge is 0.312 e. The van der Waals surface area contributed by atoms with Crippen molar-refractivity contribution in [3.05, 3.63) is 28.4 Å². The third-order valence-electron chi connectivity index (χ3n) is 6.45. The molecule has 0 bridgehead atoms. The Hall–Kier alpha value is -1.24. The molecule has 2 aliphatic heterocycles. The summed E-state index contributed by atoms with van der Waals surface area (Å²) in [4.78, 5) is 23.6. The molecule has 1 aromatic rings. The monoisotopic (exact) mass is 345 g/mol. The van der Waals surface area contributed by atoms with Crippen LogP contribution < -0.4 is 5.56 Å². The fourth-order valence-corrected chi connectivity index (χ4v) is 4.69. The number of nitrogens with zero attached hydrogens (tertiary/aromatic N) is 5. The highest BCUT2D eigenvalue weighted by atomic mass is 16.1. The zero-order chi connectivity index (χ0) is 17.2. The van der Waals surface area contributed by atoms with Gasteiger partial charge in [0.2, 0.25) is 0 Å². The lowest BCUT2D eigenvalue weighted by atomic mass is 9.93. The molecule has 6 nitrogen and oxygen atoms in total. The van der Waals surface area contributed by atoms with Crippen molar-refractivity contribution in [3.8, 4) is 0 Å². The van der Waals surface area contributed by atoms with Crippen LogP contribution in [0.2, 0.25) is 0 Å². The van der Waals surface area contributed by atoms with Gasteiger partial charge in [0, 0.05) is 71.1 Å². The summed E-state index contributed by atoms with van der Waals surface area (Å²) in [5.74, 6) is 0. The zero-order valence-corrected chi connectivity index (χ0v) is 15.4. The van der Waals surface area contributed by atoms with Crippen molar-refractivity contribution in [2.24, 2.45) is 7.05 Å². The minimum Gasteiger partial charge on any atom is -0.312 e. The van der Waals surface area contributed by atoms with Gasteiger partial charge in [0.15, 0.2) is 0 Å². The molecule has 3 aliphatic rings. The third kappa shape index (κ3) is 3.81. The van der Waals surface area contributed by atoms with E-state index in [0.29, 0.717) is 6.04 Å². The van der Waals surface area contributed by atoms with E-state index in [0.717, 1.165) is 31.4 Å². The van der Waals surface area contributed by atoms with Crippen molar-refractivity contribution in [2.45, 2.75) is 50.7 Å². The average Bonchev–Trinajstić information content (AvgIpc) is 2.62. The van der Waals surface area contributed by atoms with Gasteiger partial charge in [-0.05, 0) is 12.8 Å². The summed E-state index contributed by atoms with van der Waals surface area (Å²) in [6, 6.07) is 1.56. The van der Waals surface area contributed by atoms with Crippen LogP contribution in [0.25, 0.3) is 0 Å². The molecule has 1 saturated carbocycles. The smallest absolute Gasteiger partial charge is 0.268 e. The molecule has 0 amide bonds. The molecule has 4 rings (SSSR count). The Morgan fingerprint density at radius 2 is 1.60 bits per heavy atom. The van der Waals surface area contributed by atoms with E-state index in [1.54, 1.807) is 4.57 Å². The predicted molar refractivity (Wildman–Crippen MR) is 98.6 cm³/mol. The molecule has 0 unspecified atom stereocenters. The molecular formula is C19H31N5O. The highest BCUT2D eigenvalue weighted by Crippen LogP contribution is 2.25. The molecule has 0 N–H and O–H groups in total.